The third kappa shape index (κ3) is 5.50. The van der Waals surface area contributed by atoms with Crippen molar-refractivity contribution in [3.63, 3.8) is 0 Å². The average Bonchev–Trinajstić information content (AvgIpc) is 3.01. The molecule has 4 nitrogen and oxygen atoms in total. The number of carbonyl (C=O) groups is 1. The smallest absolute Gasteiger partial charge is 0.234 e. The van der Waals surface area contributed by atoms with Crippen molar-refractivity contribution in [2.75, 3.05) is 11.1 Å². The van der Waals surface area contributed by atoms with Gasteiger partial charge in [-0.15, -0.1) is 0 Å². The molecule has 142 valence electrons. The summed E-state index contributed by atoms with van der Waals surface area (Å²) in [5.41, 5.74) is 2.82. The zero-order valence-corrected chi connectivity index (χ0v) is 17.0. The molecule has 0 fully saturated rings. The second-order valence-electron chi connectivity index (χ2n) is 6.44. The second-order valence-corrected chi connectivity index (χ2v) is 7.82. The summed E-state index contributed by atoms with van der Waals surface area (Å²) in [6, 6.07) is 15.3. The first-order valence-corrected chi connectivity index (χ1v) is 10.7. The minimum Gasteiger partial charge on any atom is -0.325 e. The lowest BCUT2D eigenvalue weighted by Crippen LogP contribution is -2.14. The minimum atomic E-state index is -0.0631. The first-order chi connectivity index (χ1) is 13.2. The molecular formula is C21H24ClN3OS. The van der Waals surface area contributed by atoms with Crippen molar-refractivity contribution in [2.45, 2.75) is 44.3 Å². The van der Waals surface area contributed by atoms with Crippen molar-refractivity contribution >= 4 is 46.0 Å². The maximum absolute atomic E-state index is 12.3. The molecule has 0 saturated heterocycles. The number of imidazole rings is 1. The van der Waals surface area contributed by atoms with Gasteiger partial charge in [-0.2, -0.15) is 0 Å². The van der Waals surface area contributed by atoms with Gasteiger partial charge in [-0.1, -0.05) is 67.7 Å². The van der Waals surface area contributed by atoms with E-state index in [1.54, 1.807) is 12.1 Å². The highest BCUT2D eigenvalue weighted by atomic mass is 35.5. The molecule has 0 bridgehead atoms. The van der Waals surface area contributed by atoms with Crippen molar-refractivity contribution in [2.24, 2.45) is 0 Å². The monoisotopic (exact) mass is 401 g/mol. The van der Waals surface area contributed by atoms with Gasteiger partial charge in [0.25, 0.3) is 0 Å². The van der Waals surface area contributed by atoms with Crippen LogP contribution in [0.2, 0.25) is 5.02 Å². The molecule has 1 N–H and O–H groups in total. The zero-order chi connectivity index (χ0) is 19.1. The van der Waals surface area contributed by atoms with E-state index in [9.17, 15) is 4.79 Å². The van der Waals surface area contributed by atoms with E-state index in [0.29, 0.717) is 16.5 Å². The van der Waals surface area contributed by atoms with Gasteiger partial charge < -0.3 is 9.88 Å². The number of hydrogen-bond donors (Lipinski definition) is 1. The van der Waals surface area contributed by atoms with Gasteiger partial charge in [0, 0.05) is 17.3 Å². The maximum Gasteiger partial charge on any atom is 0.234 e. The van der Waals surface area contributed by atoms with Crippen molar-refractivity contribution < 1.29 is 4.79 Å². The van der Waals surface area contributed by atoms with Gasteiger partial charge in [-0.3, -0.25) is 4.79 Å². The van der Waals surface area contributed by atoms with Crippen LogP contribution < -0.4 is 5.32 Å². The van der Waals surface area contributed by atoms with Crippen molar-refractivity contribution in [1.82, 2.24) is 9.55 Å². The average molecular weight is 402 g/mol. The van der Waals surface area contributed by atoms with Crippen molar-refractivity contribution in [1.29, 1.82) is 0 Å². The lowest BCUT2D eigenvalue weighted by Gasteiger charge is -2.09. The van der Waals surface area contributed by atoms with E-state index in [-0.39, 0.29) is 5.91 Å². The summed E-state index contributed by atoms with van der Waals surface area (Å²) in [5.74, 6) is 0.247. The molecule has 0 radical (unpaired) electrons. The third-order valence-electron chi connectivity index (χ3n) is 4.30. The molecule has 0 spiro atoms. The van der Waals surface area contributed by atoms with Crippen LogP contribution in [0.4, 0.5) is 5.69 Å². The molecule has 3 rings (SSSR count). The Morgan fingerprint density at radius 3 is 2.81 bits per heavy atom. The SMILES string of the molecule is CCCCCCn1c(SCC(=O)Nc2cccc(Cl)c2)nc2ccccc21. The predicted octanol–water partition coefficient (Wildman–Crippen LogP) is 6.00. The molecule has 0 aliphatic rings. The molecular weight excluding hydrogens is 378 g/mol. The second kappa shape index (κ2) is 9.81. The highest BCUT2D eigenvalue weighted by Gasteiger charge is 2.13. The fourth-order valence-corrected chi connectivity index (χ4v) is 4.00. The topological polar surface area (TPSA) is 46.9 Å². The van der Waals surface area contributed by atoms with Crippen LogP contribution in [0.15, 0.2) is 53.7 Å². The zero-order valence-electron chi connectivity index (χ0n) is 15.5. The molecule has 1 aromatic heterocycles. The Labute approximate surface area is 169 Å². The lowest BCUT2D eigenvalue weighted by molar-refractivity contribution is -0.113. The number of unbranched alkanes of at least 4 members (excludes halogenated alkanes) is 3. The van der Waals surface area contributed by atoms with Gasteiger partial charge in [-0.05, 0) is 36.8 Å². The van der Waals surface area contributed by atoms with Gasteiger partial charge >= 0.3 is 0 Å². The number of amides is 1. The molecule has 0 unspecified atom stereocenters. The van der Waals surface area contributed by atoms with Gasteiger partial charge in [0.2, 0.25) is 5.91 Å². The fourth-order valence-electron chi connectivity index (χ4n) is 2.97. The number of fused-ring (bicyclic) bond motifs is 1. The number of benzene rings is 2. The van der Waals surface area contributed by atoms with E-state index in [1.165, 1.54) is 31.0 Å². The summed E-state index contributed by atoms with van der Waals surface area (Å²) in [6.07, 6.45) is 4.80. The van der Waals surface area contributed by atoms with Crippen LogP contribution in [-0.2, 0) is 11.3 Å². The van der Waals surface area contributed by atoms with E-state index >= 15 is 0 Å². The van der Waals surface area contributed by atoms with Gasteiger partial charge in [0.1, 0.15) is 0 Å². The predicted molar refractivity (Wildman–Crippen MR) is 115 cm³/mol. The number of halogens is 1. The van der Waals surface area contributed by atoms with Crippen molar-refractivity contribution in [3.8, 4) is 0 Å². The van der Waals surface area contributed by atoms with Crippen molar-refractivity contribution in [3.05, 3.63) is 53.6 Å². The maximum atomic E-state index is 12.3. The van der Waals surface area contributed by atoms with Crippen LogP contribution in [0.1, 0.15) is 32.6 Å². The molecule has 27 heavy (non-hydrogen) atoms. The molecule has 3 aromatic rings. The summed E-state index contributed by atoms with van der Waals surface area (Å²) in [6.45, 7) is 3.14. The van der Waals surface area contributed by atoms with Gasteiger partial charge in [0.05, 0.1) is 16.8 Å². The van der Waals surface area contributed by atoms with Crippen LogP contribution >= 0.6 is 23.4 Å². The number of nitrogens with zero attached hydrogens (tertiary/aromatic N) is 2. The summed E-state index contributed by atoms with van der Waals surface area (Å²) < 4.78 is 2.24. The Morgan fingerprint density at radius 1 is 1.15 bits per heavy atom. The normalized spacial score (nSPS) is 11.0. The number of rotatable bonds is 9. The fraction of sp³-hybridized carbons (Fsp3) is 0.333. The quantitative estimate of drug-likeness (QED) is 0.353. The molecule has 0 atom stereocenters. The Balaban J connectivity index is 1.67. The van der Waals surface area contributed by atoms with E-state index < -0.39 is 0 Å². The Hall–Kier alpha value is -1.98. The minimum absolute atomic E-state index is 0.0631. The highest BCUT2D eigenvalue weighted by Crippen LogP contribution is 2.25. The van der Waals surface area contributed by atoms with E-state index in [1.807, 2.05) is 30.3 Å². The van der Waals surface area contributed by atoms with E-state index in [4.69, 9.17) is 16.6 Å². The molecule has 0 saturated carbocycles. The van der Waals surface area contributed by atoms with Crippen LogP contribution in [0, 0.1) is 0 Å². The number of aromatic nitrogens is 2. The van der Waals surface area contributed by atoms with Crippen LogP contribution in [0.5, 0.6) is 0 Å². The van der Waals surface area contributed by atoms with Crippen LogP contribution in [-0.4, -0.2) is 21.2 Å². The Morgan fingerprint density at radius 2 is 2.00 bits per heavy atom. The summed E-state index contributed by atoms with van der Waals surface area (Å²) >= 11 is 7.44. The molecule has 0 aliphatic carbocycles. The first kappa shape index (κ1) is 19.8. The van der Waals surface area contributed by atoms with E-state index in [2.05, 4.69) is 22.9 Å². The summed E-state index contributed by atoms with van der Waals surface area (Å²) in [7, 11) is 0. The standard InChI is InChI=1S/C21H24ClN3OS/c1-2-3-4-7-13-25-19-12-6-5-11-18(19)24-21(25)27-15-20(26)23-17-10-8-9-16(22)14-17/h5-6,8-12,14H,2-4,7,13,15H2,1H3,(H,23,26). The van der Waals surface area contributed by atoms with Gasteiger partial charge in [-0.25, -0.2) is 4.98 Å². The third-order valence-corrected chi connectivity index (χ3v) is 5.51. The van der Waals surface area contributed by atoms with Crippen LogP contribution in [0.3, 0.4) is 0 Å². The summed E-state index contributed by atoms with van der Waals surface area (Å²) in [5, 5.41) is 4.39. The number of hydrogen-bond acceptors (Lipinski definition) is 3. The Kier molecular flexibility index (Phi) is 7.18. The highest BCUT2D eigenvalue weighted by molar-refractivity contribution is 7.99. The van der Waals surface area contributed by atoms with Gasteiger partial charge in [0.15, 0.2) is 5.16 Å². The number of carbonyl (C=O) groups excluding carboxylic acids is 1. The summed E-state index contributed by atoms with van der Waals surface area (Å²) in [4.78, 5) is 17.0. The molecule has 0 aliphatic heterocycles. The largest absolute Gasteiger partial charge is 0.325 e. The molecule has 1 amide bonds. The van der Waals surface area contributed by atoms with Crippen LogP contribution in [0.25, 0.3) is 11.0 Å². The number of para-hydroxylation sites is 2. The number of aryl methyl sites for hydroxylation is 1. The number of thioether (sulfide) groups is 1. The van der Waals surface area contributed by atoms with E-state index in [0.717, 1.165) is 29.2 Å². The molecule has 6 heteroatoms. The lowest BCUT2D eigenvalue weighted by atomic mass is 10.2. The Bertz CT molecular complexity index is 909. The number of anilines is 1. The number of nitrogens with one attached hydrogen (secondary N) is 1. The first-order valence-electron chi connectivity index (χ1n) is 9.31. The molecule has 1 heterocycles. The molecule has 2 aromatic carbocycles.